The Balaban J connectivity index is -0.00000000500. The van der Waals surface area contributed by atoms with Crippen LogP contribution in [0.2, 0.25) is 0 Å². The minimum absolute atomic E-state index is 0. The smallest absolute Gasteiger partial charge is 0 e. The molecule has 0 N–H and O–H groups in total. The van der Waals surface area contributed by atoms with Gasteiger partial charge < -0.3 is 0 Å². The SMILES string of the molecule is [La].[O]=[Fe].[Zr]. The van der Waals surface area contributed by atoms with E-state index in [0.717, 1.165) is 0 Å². The van der Waals surface area contributed by atoms with Crippen LogP contribution in [-0.4, -0.2) is 0 Å². The maximum atomic E-state index is 8.00. The van der Waals surface area contributed by atoms with Crippen LogP contribution in [0.4, 0.5) is 0 Å². The summed E-state index contributed by atoms with van der Waals surface area (Å²) in [5.74, 6) is 0. The molecule has 0 bridgehead atoms. The van der Waals surface area contributed by atoms with Crippen molar-refractivity contribution >= 4 is 0 Å². The van der Waals surface area contributed by atoms with Gasteiger partial charge in [-0.2, -0.15) is 0 Å². The number of hydrogen-bond acceptors (Lipinski definition) is 1. The minimum atomic E-state index is 0. The van der Waals surface area contributed by atoms with Crippen molar-refractivity contribution in [3.05, 3.63) is 0 Å². The third-order valence-corrected chi connectivity index (χ3v) is 0. The van der Waals surface area contributed by atoms with Gasteiger partial charge in [-0.05, 0) is 0 Å². The van der Waals surface area contributed by atoms with Crippen molar-refractivity contribution in [1.82, 2.24) is 0 Å². The standard InChI is InChI=1S/Fe.La.O.Zr. The fourth-order valence-corrected chi connectivity index (χ4v) is 0. The van der Waals surface area contributed by atoms with E-state index in [1.807, 2.05) is 15.9 Å². The van der Waals surface area contributed by atoms with Crippen LogP contribution in [0.15, 0.2) is 0 Å². The Morgan fingerprint density at radius 1 is 1.25 bits per heavy atom. The molecule has 4 heteroatoms. The first-order chi connectivity index (χ1) is 1.00. The molecular formula is FeLaOZr. The average molecular weight is 302 g/mol. The summed E-state index contributed by atoms with van der Waals surface area (Å²) < 4.78 is 8.00. The van der Waals surface area contributed by atoms with E-state index in [0.29, 0.717) is 0 Å². The van der Waals surface area contributed by atoms with Gasteiger partial charge in [0.2, 0.25) is 0 Å². The topological polar surface area (TPSA) is 17.1 Å². The molecule has 0 saturated heterocycles. The Morgan fingerprint density at radius 3 is 1.25 bits per heavy atom. The molecule has 0 aliphatic carbocycles. The fraction of sp³-hybridized carbons (Fsp3) is 0. The van der Waals surface area contributed by atoms with Gasteiger partial charge >= 0.3 is 19.8 Å². The van der Waals surface area contributed by atoms with Crippen LogP contribution in [-0.2, 0) is 46.0 Å². The second kappa shape index (κ2) is 18.2. The zero-order valence-electron chi connectivity index (χ0n) is 1.84. The summed E-state index contributed by atoms with van der Waals surface area (Å²) in [6, 6.07) is 0. The van der Waals surface area contributed by atoms with Crippen LogP contribution >= 0.6 is 0 Å². The van der Waals surface area contributed by atoms with Crippen molar-refractivity contribution in [2.75, 3.05) is 0 Å². The van der Waals surface area contributed by atoms with E-state index in [9.17, 15) is 0 Å². The molecule has 0 saturated carbocycles. The second-order valence-electron chi connectivity index (χ2n) is 0. The Hall–Kier alpha value is 2.40. The number of hydrogen-bond donors (Lipinski definition) is 0. The van der Waals surface area contributed by atoms with Gasteiger partial charge in [-0.3, -0.25) is 0 Å². The van der Waals surface area contributed by atoms with E-state index in [-0.39, 0.29) is 61.8 Å². The van der Waals surface area contributed by atoms with Crippen molar-refractivity contribution < 1.29 is 81.6 Å². The van der Waals surface area contributed by atoms with E-state index in [1.54, 1.807) is 0 Å². The minimum Gasteiger partial charge on any atom is 0 e. The zero-order chi connectivity index (χ0) is 2.00. The van der Waals surface area contributed by atoms with Crippen molar-refractivity contribution in [3.63, 3.8) is 0 Å². The predicted molar refractivity (Wildman–Crippen MR) is 0.686 cm³/mol. The Kier molecular flexibility index (Phi) is 73.3. The third kappa shape index (κ3) is 8.83. The van der Waals surface area contributed by atoms with E-state index in [2.05, 4.69) is 0 Å². The molecule has 0 unspecified atom stereocenters. The van der Waals surface area contributed by atoms with Crippen LogP contribution in [0.5, 0.6) is 0 Å². The van der Waals surface area contributed by atoms with Crippen LogP contribution in [0.3, 0.4) is 0 Å². The van der Waals surface area contributed by atoms with Gasteiger partial charge in [0.15, 0.2) is 0 Å². The van der Waals surface area contributed by atoms with Crippen LogP contribution in [0, 0.1) is 35.6 Å². The summed E-state index contributed by atoms with van der Waals surface area (Å²) in [7, 11) is 0. The molecular weight excluding hydrogens is 302 g/mol. The zero-order valence-corrected chi connectivity index (χ0v) is 9.03. The van der Waals surface area contributed by atoms with Crippen molar-refractivity contribution in [1.29, 1.82) is 0 Å². The Bertz CT molecular complexity index is 8.00. The summed E-state index contributed by atoms with van der Waals surface area (Å²) in [5.41, 5.74) is 0. The summed E-state index contributed by atoms with van der Waals surface area (Å²) in [6.45, 7) is 0. The predicted octanol–water partition coefficient (Wildman–Crippen LogP) is -0.124. The number of rotatable bonds is 0. The van der Waals surface area contributed by atoms with E-state index in [1.165, 1.54) is 0 Å². The van der Waals surface area contributed by atoms with E-state index in [4.69, 9.17) is 3.83 Å². The molecule has 0 aromatic rings. The molecule has 1 radical (unpaired) electrons. The molecule has 0 aliphatic heterocycles. The van der Waals surface area contributed by atoms with E-state index >= 15 is 0 Å². The Labute approximate surface area is 80.0 Å². The molecule has 0 spiro atoms. The molecule has 0 aromatic carbocycles. The maximum absolute atomic E-state index is 8.00. The normalized spacial score (nSPS) is 1.25. The first kappa shape index (κ1) is 16.1. The molecule has 4 heavy (non-hydrogen) atoms. The quantitative estimate of drug-likeness (QED) is 0.570. The monoisotopic (exact) mass is 301 g/mol. The van der Waals surface area contributed by atoms with Crippen molar-refractivity contribution in [2.45, 2.75) is 0 Å². The molecule has 0 heterocycles. The molecule has 1 nitrogen and oxygen atoms in total. The van der Waals surface area contributed by atoms with Crippen LogP contribution in [0.25, 0.3) is 0 Å². The summed E-state index contributed by atoms with van der Waals surface area (Å²) >= 11 is 2.00. The van der Waals surface area contributed by atoms with Gasteiger partial charge in [0.1, 0.15) is 0 Å². The molecule has 0 rings (SSSR count). The summed E-state index contributed by atoms with van der Waals surface area (Å²) in [6.07, 6.45) is 0. The van der Waals surface area contributed by atoms with Crippen LogP contribution < -0.4 is 0 Å². The molecule has 0 atom stereocenters. The van der Waals surface area contributed by atoms with Gasteiger partial charge in [-0.15, -0.1) is 0 Å². The van der Waals surface area contributed by atoms with Gasteiger partial charge in [-0.1, -0.05) is 0 Å². The summed E-state index contributed by atoms with van der Waals surface area (Å²) in [4.78, 5) is 0. The fourth-order valence-electron chi connectivity index (χ4n) is 0. The van der Waals surface area contributed by atoms with Crippen molar-refractivity contribution in [3.8, 4) is 0 Å². The second-order valence-corrected chi connectivity index (χ2v) is 0. The first-order valence-corrected chi connectivity index (χ1v) is 0.595. The molecule has 0 aromatic heterocycles. The molecule has 21 valence electrons. The molecule has 0 aliphatic rings. The third-order valence-electron chi connectivity index (χ3n) is 0. The van der Waals surface area contributed by atoms with Gasteiger partial charge in [0.25, 0.3) is 0 Å². The molecule has 0 amide bonds. The van der Waals surface area contributed by atoms with E-state index < -0.39 is 0 Å². The summed E-state index contributed by atoms with van der Waals surface area (Å²) in [5, 5.41) is 0. The van der Waals surface area contributed by atoms with Gasteiger partial charge in [0.05, 0.1) is 0 Å². The van der Waals surface area contributed by atoms with Gasteiger partial charge in [0, 0.05) is 61.8 Å². The van der Waals surface area contributed by atoms with Gasteiger partial charge in [-0.25, -0.2) is 0 Å². The average Bonchev–Trinajstić information content (AvgIpc) is 1.00. The molecule has 0 fully saturated rings. The van der Waals surface area contributed by atoms with Crippen molar-refractivity contribution in [2.24, 2.45) is 0 Å². The first-order valence-electron chi connectivity index (χ1n) is 0.144. The maximum Gasteiger partial charge on any atom is 0 e. The Morgan fingerprint density at radius 2 is 1.25 bits per heavy atom. The van der Waals surface area contributed by atoms with Crippen LogP contribution in [0.1, 0.15) is 0 Å². The largest absolute Gasteiger partial charge is 0 e.